The topological polar surface area (TPSA) is 54.0 Å². The van der Waals surface area contributed by atoms with Crippen LogP contribution in [0.25, 0.3) is 0 Å². The maximum absolute atomic E-state index is 11.3. The number of aromatic nitrogens is 1. The van der Waals surface area contributed by atoms with Crippen LogP contribution in [0.5, 0.6) is 0 Å². The van der Waals surface area contributed by atoms with E-state index in [1.807, 2.05) is 6.92 Å². The van der Waals surface area contributed by atoms with Gasteiger partial charge in [-0.05, 0) is 26.2 Å². The molecule has 1 aromatic heterocycles. The highest BCUT2D eigenvalue weighted by Crippen LogP contribution is 2.27. The maximum atomic E-state index is 11.3. The predicted molar refractivity (Wildman–Crippen MR) is 64.5 cm³/mol. The van der Waals surface area contributed by atoms with Crippen LogP contribution in [0.1, 0.15) is 28.9 Å². The number of aryl methyl sites for hydroxylation is 2. The van der Waals surface area contributed by atoms with Crippen LogP contribution in [0.3, 0.4) is 0 Å². The van der Waals surface area contributed by atoms with Crippen molar-refractivity contribution in [3.05, 3.63) is 15.6 Å². The van der Waals surface area contributed by atoms with Crippen LogP contribution in [0.4, 0.5) is 0 Å². The van der Waals surface area contributed by atoms with E-state index in [0.717, 1.165) is 11.4 Å². The molecular formula is C11H17N3OS. The number of rotatable bonds is 4. The molecule has 0 aromatic carbocycles. The van der Waals surface area contributed by atoms with Crippen molar-refractivity contribution in [1.82, 2.24) is 15.6 Å². The Bertz CT molecular complexity index is 367. The molecule has 16 heavy (non-hydrogen) atoms. The molecule has 2 rings (SSSR count). The first-order chi connectivity index (χ1) is 7.70. The van der Waals surface area contributed by atoms with Crippen molar-refractivity contribution in [3.8, 4) is 0 Å². The third-order valence-corrected chi connectivity index (χ3v) is 4.00. The molecule has 4 nitrogen and oxygen atoms in total. The average molecular weight is 239 g/mol. The largest absolute Gasteiger partial charge is 0.358 e. The maximum Gasteiger partial charge on any atom is 0.236 e. The van der Waals surface area contributed by atoms with E-state index in [0.29, 0.717) is 6.54 Å². The van der Waals surface area contributed by atoms with E-state index in [4.69, 9.17) is 0 Å². The molecule has 0 saturated carbocycles. The zero-order valence-corrected chi connectivity index (χ0v) is 10.5. The molecule has 0 unspecified atom stereocenters. The SMILES string of the molecule is CNC(=O)[C@@H](C)NCc1nc2c(s1)CCC2. The fourth-order valence-electron chi connectivity index (χ4n) is 1.87. The third kappa shape index (κ3) is 2.41. The summed E-state index contributed by atoms with van der Waals surface area (Å²) in [6.07, 6.45) is 3.55. The number of nitrogens with one attached hydrogen (secondary N) is 2. The van der Waals surface area contributed by atoms with E-state index in [9.17, 15) is 4.79 Å². The quantitative estimate of drug-likeness (QED) is 0.819. The summed E-state index contributed by atoms with van der Waals surface area (Å²) < 4.78 is 0. The molecule has 0 aliphatic heterocycles. The van der Waals surface area contributed by atoms with Crippen molar-refractivity contribution >= 4 is 17.2 Å². The summed E-state index contributed by atoms with van der Waals surface area (Å²) >= 11 is 1.78. The van der Waals surface area contributed by atoms with Crippen molar-refractivity contribution in [3.63, 3.8) is 0 Å². The van der Waals surface area contributed by atoms with E-state index in [-0.39, 0.29) is 11.9 Å². The third-order valence-electron chi connectivity index (χ3n) is 2.84. The zero-order chi connectivity index (χ0) is 11.5. The van der Waals surface area contributed by atoms with Gasteiger partial charge in [0.2, 0.25) is 5.91 Å². The second kappa shape index (κ2) is 4.93. The number of hydrogen-bond donors (Lipinski definition) is 2. The van der Waals surface area contributed by atoms with Crippen LogP contribution >= 0.6 is 11.3 Å². The minimum atomic E-state index is -0.163. The van der Waals surface area contributed by atoms with E-state index in [1.165, 1.54) is 23.4 Å². The van der Waals surface area contributed by atoms with Gasteiger partial charge in [-0.2, -0.15) is 0 Å². The minimum Gasteiger partial charge on any atom is -0.358 e. The normalized spacial score (nSPS) is 15.9. The smallest absolute Gasteiger partial charge is 0.236 e. The molecule has 1 aromatic rings. The van der Waals surface area contributed by atoms with Gasteiger partial charge in [-0.25, -0.2) is 4.98 Å². The summed E-state index contributed by atoms with van der Waals surface area (Å²) in [4.78, 5) is 17.3. The average Bonchev–Trinajstić information content (AvgIpc) is 2.84. The number of carbonyl (C=O) groups is 1. The van der Waals surface area contributed by atoms with Gasteiger partial charge in [0.15, 0.2) is 0 Å². The predicted octanol–water partition coefficient (Wildman–Crippen LogP) is 0.856. The van der Waals surface area contributed by atoms with Crippen molar-refractivity contribution in [2.75, 3.05) is 7.05 Å². The Morgan fingerprint density at radius 1 is 1.56 bits per heavy atom. The van der Waals surface area contributed by atoms with E-state index in [2.05, 4.69) is 15.6 Å². The van der Waals surface area contributed by atoms with Crippen molar-refractivity contribution < 1.29 is 4.79 Å². The summed E-state index contributed by atoms with van der Waals surface area (Å²) in [5.74, 6) is 0.0177. The number of thiazole rings is 1. The number of likely N-dealkylation sites (N-methyl/N-ethyl adjacent to an activating group) is 1. The van der Waals surface area contributed by atoms with Crippen LogP contribution in [0, 0.1) is 0 Å². The number of fused-ring (bicyclic) bond motifs is 1. The van der Waals surface area contributed by atoms with E-state index in [1.54, 1.807) is 18.4 Å². The summed E-state index contributed by atoms with van der Waals surface area (Å²) in [5, 5.41) is 6.89. The Balaban J connectivity index is 1.87. The Morgan fingerprint density at radius 2 is 2.38 bits per heavy atom. The fraction of sp³-hybridized carbons (Fsp3) is 0.636. The molecule has 0 fully saturated rings. The first-order valence-corrected chi connectivity index (χ1v) is 6.44. The molecule has 0 bridgehead atoms. The van der Waals surface area contributed by atoms with Gasteiger partial charge in [0.1, 0.15) is 5.01 Å². The Kier molecular flexibility index (Phi) is 3.56. The number of nitrogens with zero attached hydrogens (tertiary/aromatic N) is 1. The van der Waals surface area contributed by atoms with Crippen LogP contribution in [-0.4, -0.2) is 24.0 Å². The van der Waals surface area contributed by atoms with Gasteiger partial charge in [0.25, 0.3) is 0 Å². The molecule has 1 atom stereocenters. The zero-order valence-electron chi connectivity index (χ0n) is 9.67. The first kappa shape index (κ1) is 11.5. The molecule has 1 amide bonds. The number of carbonyl (C=O) groups excluding carboxylic acids is 1. The lowest BCUT2D eigenvalue weighted by Gasteiger charge is -2.10. The molecule has 1 heterocycles. The van der Waals surface area contributed by atoms with Crippen molar-refractivity contribution in [1.29, 1.82) is 0 Å². The molecule has 0 radical (unpaired) electrons. The van der Waals surface area contributed by atoms with E-state index >= 15 is 0 Å². The van der Waals surface area contributed by atoms with E-state index < -0.39 is 0 Å². The molecule has 2 N–H and O–H groups in total. The molecule has 5 heteroatoms. The molecular weight excluding hydrogens is 222 g/mol. The highest BCUT2D eigenvalue weighted by Gasteiger charge is 2.17. The van der Waals surface area contributed by atoms with Crippen LogP contribution < -0.4 is 10.6 Å². The Morgan fingerprint density at radius 3 is 3.06 bits per heavy atom. The molecule has 1 aliphatic carbocycles. The molecule has 0 spiro atoms. The monoisotopic (exact) mass is 239 g/mol. The minimum absolute atomic E-state index is 0.0177. The van der Waals surface area contributed by atoms with Crippen molar-refractivity contribution in [2.24, 2.45) is 0 Å². The lowest BCUT2D eigenvalue weighted by molar-refractivity contribution is -0.122. The summed E-state index contributed by atoms with van der Waals surface area (Å²) in [7, 11) is 1.65. The van der Waals surface area contributed by atoms with Gasteiger partial charge in [-0.1, -0.05) is 0 Å². The molecule has 0 saturated heterocycles. The second-order valence-corrected chi connectivity index (χ2v) is 5.22. The Hall–Kier alpha value is -0.940. The lowest BCUT2D eigenvalue weighted by atomic mass is 10.3. The van der Waals surface area contributed by atoms with Crippen LogP contribution in [0.15, 0.2) is 0 Å². The summed E-state index contributed by atoms with van der Waals surface area (Å²) in [6.45, 7) is 2.55. The Labute approximate surface area is 99.5 Å². The molecule has 88 valence electrons. The number of amides is 1. The van der Waals surface area contributed by atoms with Gasteiger partial charge in [-0.3, -0.25) is 10.1 Å². The van der Waals surface area contributed by atoms with Gasteiger partial charge in [0.05, 0.1) is 11.7 Å². The second-order valence-electron chi connectivity index (χ2n) is 4.05. The van der Waals surface area contributed by atoms with Gasteiger partial charge in [0, 0.05) is 18.5 Å². The summed E-state index contributed by atoms with van der Waals surface area (Å²) in [6, 6.07) is -0.163. The summed E-state index contributed by atoms with van der Waals surface area (Å²) in [5.41, 5.74) is 1.27. The first-order valence-electron chi connectivity index (χ1n) is 5.63. The van der Waals surface area contributed by atoms with Gasteiger partial charge in [-0.15, -0.1) is 11.3 Å². The standard InChI is InChI=1S/C11H17N3OS/c1-7(11(15)12-2)13-6-10-14-8-4-3-5-9(8)16-10/h7,13H,3-6H2,1-2H3,(H,12,15)/t7-/m1/s1. The highest BCUT2D eigenvalue weighted by molar-refractivity contribution is 7.11. The highest BCUT2D eigenvalue weighted by atomic mass is 32.1. The fourth-order valence-corrected chi connectivity index (χ4v) is 2.98. The van der Waals surface area contributed by atoms with Crippen LogP contribution in [-0.2, 0) is 24.2 Å². The van der Waals surface area contributed by atoms with Gasteiger partial charge < -0.3 is 5.32 Å². The lowest BCUT2D eigenvalue weighted by Crippen LogP contribution is -2.40. The van der Waals surface area contributed by atoms with Crippen molar-refractivity contribution in [2.45, 2.75) is 38.8 Å². The molecule has 1 aliphatic rings. The number of hydrogen-bond acceptors (Lipinski definition) is 4. The van der Waals surface area contributed by atoms with Crippen LogP contribution in [0.2, 0.25) is 0 Å². The van der Waals surface area contributed by atoms with Gasteiger partial charge >= 0.3 is 0 Å².